The first kappa shape index (κ1) is 17.1. The topological polar surface area (TPSA) is 35.6 Å². The van der Waals surface area contributed by atoms with Gasteiger partial charge in [0.1, 0.15) is 11.5 Å². The van der Waals surface area contributed by atoms with E-state index in [1.807, 2.05) is 82.2 Å². The van der Waals surface area contributed by atoms with E-state index in [1.54, 1.807) is 18.3 Å². The first-order chi connectivity index (χ1) is 14.3. The predicted molar refractivity (Wildman–Crippen MR) is 112 cm³/mol. The van der Waals surface area contributed by atoms with Crippen LogP contribution in [0.25, 0.3) is 34.0 Å². The van der Waals surface area contributed by atoms with Crippen molar-refractivity contribution in [2.45, 2.75) is 0 Å². The standard InChI is InChI=1S/C24H17FN4/c25-19-13-11-18(12-14-19)24-17-22(27-29(24)21-9-5-2-6-10-21)23-15-16-26-28(23)20-7-3-1-4-8-20/h1-17H. The van der Waals surface area contributed by atoms with Gasteiger partial charge in [0.25, 0.3) is 0 Å². The van der Waals surface area contributed by atoms with Gasteiger partial charge in [-0.15, -0.1) is 0 Å². The van der Waals surface area contributed by atoms with Gasteiger partial charge in [0.05, 0.1) is 29.0 Å². The Kier molecular flexibility index (Phi) is 4.26. The zero-order chi connectivity index (χ0) is 19.6. The fraction of sp³-hybridized carbons (Fsp3) is 0. The molecule has 0 N–H and O–H groups in total. The molecule has 5 heteroatoms. The Hall–Kier alpha value is -3.99. The second-order valence-corrected chi connectivity index (χ2v) is 6.63. The van der Waals surface area contributed by atoms with Crippen molar-refractivity contribution < 1.29 is 4.39 Å². The molecular formula is C24H17FN4. The number of aromatic nitrogens is 4. The Balaban J connectivity index is 1.69. The molecule has 0 amide bonds. The minimum Gasteiger partial charge on any atom is -0.232 e. The Morgan fingerprint density at radius 2 is 1.24 bits per heavy atom. The molecule has 0 unspecified atom stereocenters. The van der Waals surface area contributed by atoms with Crippen molar-refractivity contribution in [3.63, 3.8) is 0 Å². The fourth-order valence-corrected chi connectivity index (χ4v) is 3.37. The van der Waals surface area contributed by atoms with Crippen LogP contribution in [0.3, 0.4) is 0 Å². The third-order valence-electron chi connectivity index (χ3n) is 4.76. The molecule has 2 heterocycles. The van der Waals surface area contributed by atoms with Crippen molar-refractivity contribution in [2.24, 2.45) is 0 Å². The highest BCUT2D eigenvalue weighted by molar-refractivity contribution is 5.70. The molecule has 0 spiro atoms. The molecule has 5 aromatic rings. The summed E-state index contributed by atoms with van der Waals surface area (Å²) >= 11 is 0. The molecule has 0 bridgehead atoms. The van der Waals surface area contributed by atoms with Gasteiger partial charge in [-0.1, -0.05) is 36.4 Å². The van der Waals surface area contributed by atoms with Crippen molar-refractivity contribution >= 4 is 0 Å². The highest BCUT2D eigenvalue weighted by Gasteiger charge is 2.16. The van der Waals surface area contributed by atoms with Gasteiger partial charge in [-0.25, -0.2) is 13.8 Å². The Morgan fingerprint density at radius 3 is 1.90 bits per heavy atom. The van der Waals surface area contributed by atoms with Gasteiger partial charge >= 0.3 is 0 Å². The van der Waals surface area contributed by atoms with Crippen molar-refractivity contribution in [1.82, 2.24) is 19.6 Å². The number of hydrogen-bond donors (Lipinski definition) is 0. The molecule has 0 saturated heterocycles. The zero-order valence-corrected chi connectivity index (χ0v) is 15.5. The third kappa shape index (κ3) is 3.23. The van der Waals surface area contributed by atoms with Crippen molar-refractivity contribution in [1.29, 1.82) is 0 Å². The third-order valence-corrected chi connectivity index (χ3v) is 4.76. The molecule has 0 aliphatic rings. The predicted octanol–water partition coefficient (Wildman–Crippen LogP) is 5.53. The van der Waals surface area contributed by atoms with Gasteiger partial charge in [0.2, 0.25) is 0 Å². The van der Waals surface area contributed by atoms with Gasteiger partial charge in [0, 0.05) is 5.56 Å². The van der Waals surface area contributed by atoms with E-state index in [-0.39, 0.29) is 5.82 Å². The number of benzene rings is 3. The van der Waals surface area contributed by atoms with Crippen LogP contribution in [0.5, 0.6) is 0 Å². The zero-order valence-electron chi connectivity index (χ0n) is 15.5. The molecular weight excluding hydrogens is 363 g/mol. The van der Waals surface area contributed by atoms with Crippen LogP contribution in [0.2, 0.25) is 0 Å². The van der Waals surface area contributed by atoms with Crippen LogP contribution in [0.1, 0.15) is 0 Å². The molecule has 29 heavy (non-hydrogen) atoms. The molecule has 3 aromatic carbocycles. The van der Waals surface area contributed by atoms with Crippen LogP contribution in [-0.2, 0) is 0 Å². The van der Waals surface area contributed by atoms with Crippen LogP contribution >= 0.6 is 0 Å². The van der Waals surface area contributed by atoms with E-state index in [0.29, 0.717) is 0 Å². The lowest BCUT2D eigenvalue weighted by molar-refractivity contribution is 0.628. The molecule has 0 fully saturated rings. The van der Waals surface area contributed by atoms with Crippen molar-refractivity contribution in [2.75, 3.05) is 0 Å². The Bertz CT molecular complexity index is 1240. The number of para-hydroxylation sites is 2. The summed E-state index contributed by atoms with van der Waals surface area (Å²) in [4.78, 5) is 0. The molecule has 0 radical (unpaired) electrons. The first-order valence-electron chi connectivity index (χ1n) is 9.31. The lowest BCUT2D eigenvalue weighted by atomic mass is 10.1. The van der Waals surface area contributed by atoms with Gasteiger partial charge in [-0.05, 0) is 60.7 Å². The summed E-state index contributed by atoms with van der Waals surface area (Å²) < 4.78 is 17.2. The van der Waals surface area contributed by atoms with Gasteiger partial charge in [-0.2, -0.15) is 10.2 Å². The molecule has 4 nitrogen and oxygen atoms in total. The number of nitrogens with zero attached hydrogens (tertiary/aromatic N) is 4. The van der Waals surface area contributed by atoms with Crippen molar-refractivity contribution in [3.8, 4) is 34.0 Å². The lowest BCUT2D eigenvalue weighted by Gasteiger charge is -2.07. The average Bonchev–Trinajstić information content (AvgIpc) is 3.43. The van der Waals surface area contributed by atoms with Crippen LogP contribution in [0.15, 0.2) is 103 Å². The Morgan fingerprint density at radius 1 is 0.621 bits per heavy atom. The normalized spacial score (nSPS) is 10.9. The number of hydrogen-bond acceptors (Lipinski definition) is 2. The lowest BCUT2D eigenvalue weighted by Crippen LogP contribution is -2.01. The summed E-state index contributed by atoms with van der Waals surface area (Å²) in [6.45, 7) is 0. The van der Waals surface area contributed by atoms with Crippen LogP contribution in [-0.4, -0.2) is 19.6 Å². The maximum atomic E-state index is 13.5. The monoisotopic (exact) mass is 380 g/mol. The summed E-state index contributed by atoms with van der Waals surface area (Å²) in [5, 5.41) is 9.35. The van der Waals surface area contributed by atoms with Crippen LogP contribution in [0, 0.1) is 5.82 Å². The van der Waals surface area contributed by atoms with E-state index in [2.05, 4.69) is 5.10 Å². The molecule has 5 rings (SSSR count). The highest BCUT2D eigenvalue weighted by atomic mass is 19.1. The van der Waals surface area contributed by atoms with Crippen LogP contribution in [0.4, 0.5) is 4.39 Å². The smallest absolute Gasteiger partial charge is 0.123 e. The van der Waals surface area contributed by atoms with E-state index in [9.17, 15) is 4.39 Å². The molecule has 2 aromatic heterocycles. The maximum absolute atomic E-state index is 13.5. The quantitative estimate of drug-likeness (QED) is 0.411. The second-order valence-electron chi connectivity index (χ2n) is 6.63. The minimum atomic E-state index is -0.262. The summed E-state index contributed by atoms with van der Waals surface area (Å²) in [6, 6.07) is 30.3. The summed E-state index contributed by atoms with van der Waals surface area (Å²) in [7, 11) is 0. The first-order valence-corrected chi connectivity index (χ1v) is 9.31. The SMILES string of the molecule is Fc1ccc(-c2cc(-c3ccnn3-c3ccccc3)nn2-c2ccccc2)cc1. The molecule has 0 saturated carbocycles. The van der Waals surface area contributed by atoms with Gasteiger partial charge < -0.3 is 0 Å². The van der Waals surface area contributed by atoms with Gasteiger partial charge in [-0.3, -0.25) is 0 Å². The van der Waals surface area contributed by atoms with Crippen LogP contribution < -0.4 is 0 Å². The second kappa shape index (κ2) is 7.20. The van der Waals surface area contributed by atoms with E-state index < -0.39 is 0 Å². The van der Waals surface area contributed by atoms with Crippen molar-refractivity contribution in [3.05, 3.63) is 109 Å². The number of rotatable bonds is 4. The summed E-state index contributed by atoms with van der Waals surface area (Å²) in [5.74, 6) is -0.262. The molecule has 0 aliphatic heterocycles. The largest absolute Gasteiger partial charge is 0.232 e. The Labute approximate surface area is 167 Å². The fourth-order valence-electron chi connectivity index (χ4n) is 3.37. The van der Waals surface area contributed by atoms with E-state index >= 15 is 0 Å². The molecule has 0 atom stereocenters. The van der Waals surface area contributed by atoms with E-state index in [0.717, 1.165) is 34.0 Å². The minimum absolute atomic E-state index is 0.262. The van der Waals surface area contributed by atoms with E-state index in [4.69, 9.17) is 5.10 Å². The summed E-state index contributed by atoms with van der Waals surface area (Å²) in [5.41, 5.74) is 5.34. The van der Waals surface area contributed by atoms with E-state index in [1.165, 1.54) is 12.1 Å². The van der Waals surface area contributed by atoms with Gasteiger partial charge in [0.15, 0.2) is 0 Å². The molecule has 140 valence electrons. The summed E-state index contributed by atoms with van der Waals surface area (Å²) in [6.07, 6.45) is 1.77. The highest BCUT2D eigenvalue weighted by Crippen LogP contribution is 2.29. The average molecular weight is 380 g/mol. The molecule has 0 aliphatic carbocycles. The maximum Gasteiger partial charge on any atom is 0.123 e. The number of halogens is 1.